The largest absolute Gasteiger partial charge is 0.481 e. The van der Waals surface area contributed by atoms with E-state index in [1.165, 1.54) is 0 Å². The lowest BCUT2D eigenvalue weighted by atomic mass is 9.96. The van der Waals surface area contributed by atoms with Crippen LogP contribution in [-0.2, 0) is 22.4 Å². The second-order valence-corrected chi connectivity index (χ2v) is 4.65. The second-order valence-electron chi connectivity index (χ2n) is 4.65. The molecular formula is C14H16O3. The highest BCUT2D eigenvalue weighted by atomic mass is 16.4. The van der Waals surface area contributed by atoms with Gasteiger partial charge in [-0.15, -0.1) is 0 Å². The summed E-state index contributed by atoms with van der Waals surface area (Å²) in [6.45, 7) is 0. The third-order valence-corrected chi connectivity index (χ3v) is 3.29. The molecule has 0 aromatic heterocycles. The van der Waals surface area contributed by atoms with Crippen LogP contribution in [0.15, 0.2) is 24.3 Å². The Morgan fingerprint density at radius 2 is 1.88 bits per heavy atom. The zero-order valence-corrected chi connectivity index (χ0v) is 9.69. The van der Waals surface area contributed by atoms with Gasteiger partial charge in [0.25, 0.3) is 0 Å². The first-order valence-corrected chi connectivity index (χ1v) is 5.97. The fraction of sp³-hybridized carbons (Fsp3) is 0.429. The van der Waals surface area contributed by atoms with E-state index in [0.29, 0.717) is 5.78 Å². The van der Waals surface area contributed by atoms with Gasteiger partial charge in [0, 0.05) is 12.3 Å². The third kappa shape index (κ3) is 3.16. The molecule has 17 heavy (non-hydrogen) atoms. The van der Waals surface area contributed by atoms with Crippen molar-refractivity contribution in [3.05, 3.63) is 35.4 Å². The molecule has 1 saturated carbocycles. The number of hydrogen-bond donors (Lipinski definition) is 1. The van der Waals surface area contributed by atoms with Gasteiger partial charge in [-0.25, -0.2) is 0 Å². The van der Waals surface area contributed by atoms with Crippen molar-refractivity contribution in [1.82, 2.24) is 0 Å². The SMILES string of the molecule is O=C(O)Cc1ccc(C[C@@H]2CCCC2=O)cc1. The molecule has 90 valence electrons. The van der Waals surface area contributed by atoms with Gasteiger partial charge in [-0.2, -0.15) is 0 Å². The highest BCUT2D eigenvalue weighted by Gasteiger charge is 2.24. The van der Waals surface area contributed by atoms with E-state index < -0.39 is 5.97 Å². The summed E-state index contributed by atoms with van der Waals surface area (Å²) in [6, 6.07) is 7.54. The second kappa shape index (κ2) is 5.13. The van der Waals surface area contributed by atoms with Crippen molar-refractivity contribution >= 4 is 11.8 Å². The maximum atomic E-state index is 11.5. The Labute approximate surface area is 100 Å². The van der Waals surface area contributed by atoms with Crippen LogP contribution in [0.3, 0.4) is 0 Å². The average molecular weight is 232 g/mol. The van der Waals surface area contributed by atoms with Crippen molar-refractivity contribution in [1.29, 1.82) is 0 Å². The van der Waals surface area contributed by atoms with Gasteiger partial charge >= 0.3 is 5.97 Å². The number of aliphatic carboxylic acids is 1. The number of benzene rings is 1. The van der Waals surface area contributed by atoms with E-state index in [9.17, 15) is 9.59 Å². The standard InChI is InChI=1S/C14H16O3/c15-13-3-1-2-12(13)8-10-4-6-11(7-5-10)9-14(16)17/h4-7,12H,1-3,8-9H2,(H,16,17)/t12-/m0/s1. The van der Waals surface area contributed by atoms with Crippen LogP contribution in [0.1, 0.15) is 30.4 Å². The minimum Gasteiger partial charge on any atom is -0.481 e. The van der Waals surface area contributed by atoms with Gasteiger partial charge in [0.2, 0.25) is 0 Å². The summed E-state index contributed by atoms with van der Waals surface area (Å²) < 4.78 is 0. The van der Waals surface area contributed by atoms with Crippen LogP contribution in [0.2, 0.25) is 0 Å². The van der Waals surface area contributed by atoms with Crippen LogP contribution in [0, 0.1) is 5.92 Å². The zero-order chi connectivity index (χ0) is 12.3. The molecule has 2 rings (SSSR count). The van der Waals surface area contributed by atoms with Crippen molar-refractivity contribution < 1.29 is 14.7 Å². The quantitative estimate of drug-likeness (QED) is 0.866. The van der Waals surface area contributed by atoms with Crippen LogP contribution in [0.4, 0.5) is 0 Å². The van der Waals surface area contributed by atoms with E-state index in [1.807, 2.05) is 24.3 Å². The smallest absolute Gasteiger partial charge is 0.307 e. The predicted molar refractivity (Wildman–Crippen MR) is 63.8 cm³/mol. The molecule has 0 bridgehead atoms. The molecule has 1 fully saturated rings. The van der Waals surface area contributed by atoms with Crippen LogP contribution in [-0.4, -0.2) is 16.9 Å². The van der Waals surface area contributed by atoms with E-state index in [4.69, 9.17) is 5.11 Å². The van der Waals surface area contributed by atoms with Gasteiger partial charge in [0.1, 0.15) is 5.78 Å². The number of carbonyl (C=O) groups is 2. The highest BCUT2D eigenvalue weighted by Crippen LogP contribution is 2.25. The fourth-order valence-corrected chi connectivity index (χ4v) is 2.36. The molecule has 3 heteroatoms. The van der Waals surface area contributed by atoms with Gasteiger partial charge in [-0.05, 0) is 30.4 Å². The number of hydrogen-bond acceptors (Lipinski definition) is 2. The first-order chi connectivity index (χ1) is 8.15. The zero-order valence-electron chi connectivity index (χ0n) is 9.69. The minimum absolute atomic E-state index is 0.0582. The Hall–Kier alpha value is -1.64. The molecule has 0 heterocycles. The molecule has 1 aliphatic rings. The number of carboxylic acid groups (broad SMARTS) is 1. The molecule has 1 aromatic rings. The number of rotatable bonds is 4. The topological polar surface area (TPSA) is 54.4 Å². The van der Waals surface area contributed by atoms with Gasteiger partial charge in [0.15, 0.2) is 0 Å². The third-order valence-electron chi connectivity index (χ3n) is 3.29. The van der Waals surface area contributed by atoms with E-state index in [2.05, 4.69) is 0 Å². The van der Waals surface area contributed by atoms with Crippen LogP contribution >= 0.6 is 0 Å². The molecule has 1 atom stereocenters. The Balaban J connectivity index is 1.98. The van der Waals surface area contributed by atoms with Gasteiger partial charge in [-0.3, -0.25) is 9.59 Å². The molecule has 0 spiro atoms. The van der Waals surface area contributed by atoms with E-state index in [0.717, 1.165) is 36.8 Å². The normalized spacial score (nSPS) is 19.5. The summed E-state index contributed by atoms with van der Waals surface area (Å²) in [7, 11) is 0. The monoisotopic (exact) mass is 232 g/mol. The first kappa shape index (κ1) is 11.8. The van der Waals surface area contributed by atoms with E-state index >= 15 is 0 Å². The van der Waals surface area contributed by atoms with Crippen LogP contribution < -0.4 is 0 Å². The number of carbonyl (C=O) groups excluding carboxylic acids is 1. The summed E-state index contributed by atoms with van der Waals surface area (Å²) in [5.74, 6) is -0.261. The molecule has 0 saturated heterocycles. The molecule has 1 aliphatic carbocycles. The molecule has 0 amide bonds. The molecule has 0 radical (unpaired) electrons. The predicted octanol–water partition coefficient (Wildman–Crippen LogP) is 2.23. The summed E-state index contributed by atoms with van der Waals surface area (Å²) in [6.07, 6.45) is 3.59. The van der Waals surface area contributed by atoms with E-state index in [-0.39, 0.29) is 12.3 Å². The average Bonchev–Trinajstić information content (AvgIpc) is 2.67. The maximum Gasteiger partial charge on any atom is 0.307 e. The Morgan fingerprint density at radius 3 is 2.41 bits per heavy atom. The van der Waals surface area contributed by atoms with Crippen LogP contribution in [0.5, 0.6) is 0 Å². The molecule has 0 unspecified atom stereocenters. The lowest BCUT2D eigenvalue weighted by molar-refractivity contribution is -0.136. The van der Waals surface area contributed by atoms with Crippen molar-refractivity contribution in [3.63, 3.8) is 0 Å². The maximum absolute atomic E-state index is 11.5. The molecule has 1 N–H and O–H groups in total. The van der Waals surface area contributed by atoms with E-state index in [1.54, 1.807) is 0 Å². The number of Topliss-reactive ketones (excluding diaryl/α,β-unsaturated/α-hetero) is 1. The Bertz CT molecular complexity index is 420. The summed E-state index contributed by atoms with van der Waals surface area (Å²) in [5, 5.41) is 8.66. The lowest BCUT2D eigenvalue weighted by Crippen LogP contribution is -2.09. The molecule has 0 aliphatic heterocycles. The first-order valence-electron chi connectivity index (χ1n) is 5.97. The van der Waals surface area contributed by atoms with Crippen molar-refractivity contribution in [2.75, 3.05) is 0 Å². The summed E-state index contributed by atoms with van der Waals surface area (Å²) >= 11 is 0. The molecule has 1 aromatic carbocycles. The van der Waals surface area contributed by atoms with Crippen molar-refractivity contribution in [3.8, 4) is 0 Å². The summed E-state index contributed by atoms with van der Waals surface area (Å²) in [4.78, 5) is 22.0. The summed E-state index contributed by atoms with van der Waals surface area (Å²) in [5.41, 5.74) is 1.93. The Morgan fingerprint density at radius 1 is 1.24 bits per heavy atom. The lowest BCUT2D eigenvalue weighted by Gasteiger charge is -2.08. The number of carboxylic acids is 1. The van der Waals surface area contributed by atoms with Gasteiger partial charge < -0.3 is 5.11 Å². The van der Waals surface area contributed by atoms with Crippen molar-refractivity contribution in [2.45, 2.75) is 32.1 Å². The van der Waals surface area contributed by atoms with Gasteiger partial charge in [-0.1, -0.05) is 24.3 Å². The van der Waals surface area contributed by atoms with Crippen LogP contribution in [0.25, 0.3) is 0 Å². The van der Waals surface area contributed by atoms with Gasteiger partial charge in [0.05, 0.1) is 6.42 Å². The number of ketones is 1. The fourth-order valence-electron chi connectivity index (χ4n) is 2.36. The Kier molecular flexibility index (Phi) is 3.57. The highest BCUT2D eigenvalue weighted by molar-refractivity contribution is 5.83. The molecular weight excluding hydrogens is 216 g/mol. The minimum atomic E-state index is -0.816. The molecule has 3 nitrogen and oxygen atoms in total. The van der Waals surface area contributed by atoms with Crippen molar-refractivity contribution in [2.24, 2.45) is 5.92 Å².